The van der Waals surface area contributed by atoms with Crippen LogP contribution in [0.5, 0.6) is 0 Å². The van der Waals surface area contributed by atoms with Crippen LogP contribution in [-0.4, -0.2) is 29.2 Å². The van der Waals surface area contributed by atoms with Crippen LogP contribution >= 0.6 is 11.6 Å². The number of aliphatic hydroxyl groups excluding tert-OH is 1. The Morgan fingerprint density at radius 3 is 2.50 bits per heavy atom. The number of hydrogen-bond donors (Lipinski definition) is 1. The van der Waals surface area contributed by atoms with Crippen LogP contribution in [0.2, 0.25) is 5.02 Å². The average Bonchev–Trinajstić information content (AvgIpc) is 2.54. The lowest BCUT2D eigenvalue weighted by Crippen LogP contribution is -2.12. The van der Waals surface area contributed by atoms with Gasteiger partial charge in [-0.1, -0.05) is 31.5 Å². The fourth-order valence-corrected chi connectivity index (χ4v) is 2.13. The summed E-state index contributed by atoms with van der Waals surface area (Å²) >= 11 is 6.22. The lowest BCUT2D eigenvalue weighted by atomic mass is 10.1. The standard InChI is InChI=1S/C18H22ClNO4/c1-5-15(21)13(16(22)6-2)10-20-14-9-7-8-12(17(14)19)18(23)24-11(3)4/h7-11,21H,5-6H2,1-4H3. The molecule has 5 nitrogen and oxygen atoms in total. The maximum Gasteiger partial charge on any atom is 0.339 e. The van der Waals surface area contributed by atoms with Crippen LogP contribution in [0.25, 0.3) is 0 Å². The predicted molar refractivity (Wildman–Crippen MR) is 95.4 cm³/mol. The largest absolute Gasteiger partial charge is 0.512 e. The van der Waals surface area contributed by atoms with E-state index in [2.05, 4.69) is 4.99 Å². The first-order valence-corrected chi connectivity index (χ1v) is 8.18. The van der Waals surface area contributed by atoms with Crippen LogP contribution in [0.4, 0.5) is 5.69 Å². The number of nitrogens with zero attached hydrogens (tertiary/aromatic N) is 1. The van der Waals surface area contributed by atoms with Gasteiger partial charge in [0.05, 0.1) is 28.0 Å². The van der Waals surface area contributed by atoms with Crippen molar-refractivity contribution in [1.29, 1.82) is 0 Å². The van der Waals surface area contributed by atoms with E-state index in [0.29, 0.717) is 12.1 Å². The van der Waals surface area contributed by atoms with Gasteiger partial charge in [0.25, 0.3) is 0 Å². The van der Waals surface area contributed by atoms with Crippen molar-refractivity contribution in [2.45, 2.75) is 46.6 Å². The number of ketones is 1. The van der Waals surface area contributed by atoms with E-state index in [1.54, 1.807) is 45.9 Å². The highest BCUT2D eigenvalue weighted by atomic mass is 35.5. The van der Waals surface area contributed by atoms with Gasteiger partial charge < -0.3 is 9.84 Å². The lowest BCUT2D eigenvalue weighted by molar-refractivity contribution is -0.114. The third kappa shape index (κ3) is 5.20. The summed E-state index contributed by atoms with van der Waals surface area (Å²) in [7, 11) is 0. The van der Waals surface area contributed by atoms with Crippen molar-refractivity contribution in [3.8, 4) is 0 Å². The highest BCUT2D eigenvalue weighted by Gasteiger charge is 2.16. The maximum absolute atomic E-state index is 12.0. The Balaban J connectivity index is 3.20. The molecule has 24 heavy (non-hydrogen) atoms. The highest BCUT2D eigenvalue weighted by molar-refractivity contribution is 6.36. The minimum absolute atomic E-state index is 0.0305. The summed E-state index contributed by atoms with van der Waals surface area (Å²) in [5.41, 5.74) is 0.665. The number of Topliss-reactive ketones (excluding diaryl/α,β-unsaturated/α-hetero) is 1. The number of carbonyl (C=O) groups is 2. The molecule has 0 saturated heterocycles. The van der Waals surface area contributed by atoms with Crippen molar-refractivity contribution in [3.05, 3.63) is 40.1 Å². The summed E-state index contributed by atoms with van der Waals surface area (Å²) in [4.78, 5) is 28.1. The Hall–Kier alpha value is -2.14. The van der Waals surface area contributed by atoms with Crippen LogP contribution in [0.15, 0.2) is 34.5 Å². The molecule has 130 valence electrons. The third-order valence-electron chi connectivity index (χ3n) is 3.14. The highest BCUT2D eigenvalue weighted by Crippen LogP contribution is 2.29. The molecule has 0 saturated carbocycles. The number of esters is 1. The van der Waals surface area contributed by atoms with Crippen molar-refractivity contribution in [2.75, 3.05) is 0 Å². The molecule has 1 aromatic rings. The van der Waals surface area contributed by atoms with Gasteiger partial charge in [-0.05, 0) is 26.0 Å². The van der Waals surface area contributed by atoms with E-state index < -0.39 is 5.97 Å². The van der Waals surface area contributed by atoms with Crippen LogP contribution in [0.1, 0.15) is 50.9 Å². The molecule has 6 heteroatoms. The third-order valence-corrected chi connectivity index (χ3v) is 3.54. The fraction of sp³-hybridized carbons (Fsp3) is 0.389. The average molecular weight is 352 g/mol. The zero-order valence-electron chi connectivity index (χ0n) is 14.3. The van der Waals surface area contributed by atoms with Crippen molar-refractivity contribution in [3.63, 3.8) is 0 Å². The molecule has 0 unspecified atom stereocenters. The number of halogens is 1. The van der Waals surface area contributed by atoms with E-state index in [1.807, 2.05) is 0 Å². The van der Waals surface area contributed by atoms with E-state index in [1.165, 1.54) is 6.21 Å². The van der Waals surface area contributed by atoms with Gasteiger partial charge in [0.2, 0.25) is 0 Å². The molecule has 0 atom stereocenters. The first-order chi connectivity index (χ1) is 11.3. The van der Waals surface area contributed by atoms with Gasteiger partial charge in [-0.25, -0.2) is 4.79 Å². The van der Waals surface area contributed by atoms with Gasteiger partial charge in [-0.2, -0.15) is 0 Å². The molecule has 1 N–H and O–H groups in total. The number of aliphatic imine (C=N–C) groups is 1. The van der Waals surface area contributed by atoms with Gasteiger partial charge in [0, 0.05) is 19.1 Å². The molecule has 0 aliphatic carbocycles. The van der Waals surface area contributed by atoms with Crippen LogP contribution < -0.4 is 0 Å². The Kier molecular flexibility index (Phi) is 7.65. The predicted octanol–water partition coefficient (Wildman–Crippen LogP) is 4.81. The minimum Gasteiger partial charge on any atom is -0.512 e. The molecule has 0 heterocycles. The van der Waals surface area contributed by atoms with E-state index in [-0.39, 0.29) is 40.2 Å². The quantitative estimate of drug-likeness (QED) is 0.331. The van der Waals surface area contributed by atoms with Gasteiger partial charge >= 0.3 is 5.97 Å². The molecule has 0 aromatic heterocycles. The molecular weight excluding hydrogens is 330 g/mol. The molecular formula is C18H22ClNO4. The van der Waals surface area contributed by atoms with E-state index in [0.717, 1.165) is 0 Å². The van der Waals surface area contributed by atoms with E-state index >= 15 is 0 Å². The van der Waals surface area contributed by atoms with Crippen molar-refractivity contribution >= 4 is 35.3 Å². The number of allylic oxidation sites excluding steroid dienone is 2. The number of rotatable bonds is 7. The van der Waals surface area contributed by atoms with Crippen molar-refractivity contribution in [2.24, 2.45) is 4.99 Å². The number of aliphatic hydroxyl groups is 1. The summed E-state index contributed by atoms with van der Waals surface area (Å²) in [5.74, 6) is -0.787. The zero-order valence-corrected chi connectivity index (χ0v) is 15.1. The van der Waals surface area contributed by atoms with Crippen molar-refractivity contribution in [1.82, 2.24) is 0 Å². The molecule has 1 aromatic carbocycles. The Morgan fingerprint density at radius 1 is 1.29 bits per heavy atom. The normalized spacial score (nSPS) is 12.4. The topological polar surface area (TPSA) is 76.0 Å². The monoisotopic (exact) mass is 351 g/mol. The molecule has 0 bridgehead atoms. The molecule has 1 rings (SSSR count). The Bertz CT molecular complexity index is 678. The molecule has 0 aliphatic heterocycles. The lowest BCUT2D eigenvalue weighted by Gasteiger charge is -2.10. The van der Waals surface area contributed by atoms with E-state index in [9.17, 15) is 14.7 Å². The maximum atomic E-state index is 12.0. The Labute approximate surface area is 147 Å². The number of ether oxygens (including phenoxy) is 1. The molecule has 0 radical (unpaired) electrons. The second-order valence-electron chi connectivity index (χ2n) is 5.34. The first kappa shape index (κ1) is 19.9. The van der Waals surface area contributed by atoms with Crippen LogP contribution in [0, 0.1) is 0 Å². The van der Waals surface area contributed by atoms with Gasteiger partial charge in [0.15, 0.2) is 5.78 Å². The first-order valence-electron chi connectivity index (χ1n) is 7.80. The number of benzene rings is 1. The summed E-state index contributed by atoms with van der Waals surface area (Å²) in [6, 6.07) is 4.78. The molecule has 0 spiro atoms. The number of carbonyl (C=O) groups excluding carboxylic acids is 2. The summed E-state index contributed by atoms with van der Waals surface area (Å²) in [6.45, 7) is 6.93. The minimum atomic E-state index is -0.538. The zero-order chi connectivity index (χ0) is 18.3. The summed E-state index contributed by atoms with van der Waals surface area (Å²) in [6.07, 6.45) is 1.59. The molecule has 0 fully saturated rings. The molecule has 0 aliphatic rings. The van der Waals surface area contributed by atoms with Crippen LogP contribution in [0.3, 0.4) is 0 Å². The smallest absolute Gasteiger partial charge is 0.339 e. The summed E-state index contributed by atoms with van der Waals surface area (Å²) < 4.78 is 5.13. The fourth-order valence-electron chi connectivity index (χ4n) is 1.88. The van der Waals surface area contributed by atoms with Crippen LogP contribution in [-0.2, 0) is 9.53 Å². The van der Waals surface area contributed by atoms with Gasteiger partial charge in [0.1, 0.15) is 5.76 Å². The second kappa shape index (κ2) is 9.23. The molecule has 0 amide bonds. The van der Waals surface area contributed by atoms with Gasteiger partial charge in [-0.3, -0.25) is 9.79 Å². The second-order valence-corrected chi connectivity index (χ2v) is 5.72. The number of hydrogen-bond acceptors (Lipinski definition) is 5. The summed E-state index contributed by atoms with van der Waals surface area (Å²) in [5, 5.41) is 10.0. The SMILES string of the molecule is CCC(=O)C(C=Nc1cccc(C(=O)OC(C)C)c1Cl)=C(O)CC. The van der Waals surface area contributed by atoms with Gasteiger partial charge in [-0.15, -0.1) is 0 Å². The Morgan fingerprint density at radius 2 is 1.96 bits per heavy atom. The van der Waals surface area contributed by atoms with Crippen molar-refractivity contribution < 1.29 is 19.4 Å². The van der Waals surface area contributed by atoms with E-state index in [4.69, 9.17) is 16.3 Å².